The predicted octanol–water partition coefficient (Wildman–Crippen LogP) is 2.43. The van der Waals surface area contributed by atoms with Crippen molar-refractivity contribution in [3.63, 3.8) is 0 Å². The summed E-state index contributed by atoms with van der Waals surface area (Å²) in [5.74, 6) is -1.36. The van der Waals surface area contributed by atoms with Crippen molar-refractivity contribution in [2.24, 2.45) is 0 Å². The predicted molar refractivity (Wildman–Crippen MR) is 133 cm³/mol. The second-order valence-corrected chi connectivity index (χ2v) is 8.65. The molecular formula is C26H24N5O5-. The van der Waals surface area contributed by atoms with Crippen molar-refractivity contribution in [2.45, 2.75) is 5.54 Å². The van der Waals surface area contributed by atoms with Gasteiger partial charge in [0.15, 0.2) is 0 Å². The Bertz CT molecular complexity index is 1250. The van der Waals surface area contributed by atoms with Gasteiger partial charge in [-0.1, -0.05) is 54.6 Å². The summed E-state index contributed by atoms with van der Waals surface area (Å²) in [4.78, 5) is 42.4. The van der Waals surface area contributed by atoms with Gasteiger partial charge in [0.2, 0.25) is 5.54 Å². The maximum Gasteiger partial charge on any atom is 0.328 e. The molecule has 36 heavy (non-hydrogen) atoms. The fraction of sp³-hybridized carbons (Fsp3) is 0.192. The zero-order valence-corrected chi connectivity index (χ0v) is 19.3. The molecule has 4 amide bonds. The molecule has 3 aromatic carbocycles. The summed E-state index contributed by atoms with van der Waals surface area (Å²) in [6.45, 7) is 1.73. The van der Waals surface area contributed by atoms with Crippen LogP contribution < -0.4 is 20.8 Å². The maximum atomic E-state index is 13.3. The molecule has 0 bridgehead atoms. The van der Waals surface area contributed by atoms with Crippen LogP contribution in [0.2, 0.25) is 0 Å². The van der Waals surface area contributed by atoms with Gasteiger partial charge in [-0.15, -0.1) is 0 Å². The van der Waals surface area contributed by atoms with E-state index >= 15 is 0 Å². The molecule has 5 rings (SSSR count). The lowest BCUT2D eigenvalue weighted by Crippen LogP contribution is -2.73. The Hall–Kier alpha value is -4.25. The van der Waals surface area contributed by atoms with E-state index in [-0.39, 0.29) is 10.9 Å². The molecule has 0 radical (unpaired) electrons. The molecule has 10 nitrogen and oxygen atoms in total. The zero-order chi connectivity index (χ0) is 25.3. The molecule has 2 saturated heterocycles. The van der Waals surface area contributed by atoms with E-state index in [0.29, 0.717) is 31.7 Å². The van der Waals surface area contributed by atoms with Crippen LogP contribution in [0.5, 0.6) is 0 Å². The molecule has 0 atom stereocenters. The Kier molecular flexibility index (Phi) is 6.15. The van der Waals surface area contributed by atoms with Gasteiger partial charge in [-0.25, -0.2) is 4.79 Å². The van der Waals surface area contributed by atoms with Gasteiger partial charge in [-0.2, -0.15) is 0 Å². The number of nitrogens with one attached hydrogen (secondary N) is 2. The van der Waals surface area contributed by atoms with Gasteiger partial charge in [-0.05, 0) is 41.0 Å². The van der Waals surface area contributed by atoms with E-state index in [1.54, 1.807) is 29.2 Å². The number of urea groups is 1. The third-order valence-electron chi connectivity index (χ3n) is 6.71. The lowest BCUT2D eigenvalue weighted by molar-refractivity contribution is -0.149. The minimum absolute atomic E-state index is 0.121. The highest BCUT2D eigenvalue weighted by Crippen LogP contribution is 2.34. The number of carbonyl (C=O) groups is 3. The quantitative estimate of drug-likeness (QED) is 0.371. The van der Waals surface area contributed by atoms with Gasteiger partial charge in [0.1, 0.15) is 0 Å². The van der Waals surface area contributed by atoms with Crippen molar-refractivity contribution in [3.05, 3.63) is 89.6 Å². The number of benzene rings is 3. The topological polar surface area (TPSA) is 128 Å². The van der Waals surface area contributed by atoms with Crippen molar-refractivity contribution in [1.29, 1.82) is 0 Å². The van der Waals surface area contributed by atoms with Crippen LogP contribution in [-0.4, -0.2) is 54.1 Å². The Morgan fingerprint density at radius 1 is 0.750 bits per heavy atom. The van der Waals surface area contributed by atoms with Crippen LogP contribution in [0.3, 0.4) is 0 Å². The smallest absolute Gasteiger partial charge is 0.328 e. The number of amides is 4. The van der Waals surface area contributed by atoms with E-state index in [2.05, 4.69) is 15.5 Å². The standard InChI is InChI=1S/C26H24N5O5/c32-23-26(24(33)28-25(34)27-23,20-8-6-19(7-9-20)18-4-2-1-3-5-18)30-16-14-29(15-17-30)21-10-12-22(13-11-21)31(35)36/h1-13,35H,14-17H2,(H2,27,28,32,33,34)/q-1. The molecule has 3 aromatic rings. The summed E-state index contributed by atoms with van der Waals surface area (Å²) in [6.07, 6.45) is 0. The third kappa shape index (κ3) is 4.07. The van der Waals surface area contributed by atoms with E-state index in [9.17, 15) is 19.6 Å². The minimum Gasteiger partial charge on any atom is -0.733 e. The second kappa shape index (κ2) is 9.42. The Morgan fingerprint density at radius 3 is 1.86 bits per heavy atom. The number of barbiturate groups is 1. The summed E-state index contributed by atoms with van der Waals surface area (Å²) in [7, 11) is 0. The average molecular weight is 487 g/mol. The number of nitrogens with zero attached hydrogens (tertiary/aromatic N) is 3. The first-order chi connectivity index (χ1) is 17.4. The number of imide groups is 2. The van der Waals surface area contributed by atoms with Gasteiger partial charge < -0.3 is 15.3 Å². The molecule has 0 saturated carbocycles. The van der Waals surface area contributed by atoms with Gasteiger partial charge >= 0.3 is 6.03 Å². The SMILES string of the molecule is O=C1NC(=O)C(c2ccc(-c3ccccc3)cc2)(N2CCN(c3ccc(N([O-])O)cc3)CC2)C(=O)N1. The molecule has 0 aliphatic carbocycles. The Morgan fingerprint density at radius 2 is 1.31 bits per heavy atom. The fourth-order valence-electron chi connectivity index (χ4n) is 4.88. The van der Waals surface area contributed by atoms with Crippen molar-refractivity contribution in [1.82, 2.24) is 15.5 Å². The molecule has 184 valence electrons. The number of anilines is 2. The summed E-state index contributed by atoms with van der Waals surface area (Å²) in [5, 5.41) is 24.5. The molecule has 2 aliphatic heterocycles. The summed E-state index contributed by atoms with van der Waals surface area (Å²) < 4.78 is 0. The first kappa shape index (κ1) is 23.5. The van der Waals surface area contributed by atoms with Crippen LogP contribution in [0, 0.1) is 5.21 Å². The maximum absolute atomic E-state index is 13.3. The molecule has 2 heterocycles. The largest absolute Gasteiger partial charge is 0.733 e. The molecule has 2 fully saturated rings. The minimum atomic E-state index is -1.70. The van der Waals surface area contributed by atoms with Gasteiger partial charge in [0.05, 0.1) is 5.69 Å². The number of hydrogen-bond donors (Lipinski definition) is 3. The zero-order valence-electron chi connectivity index (χ0n) is 19.3. The van der Waals surface area contributed by atoms with Crippen LogP contribution in [-0.2, 0) is 15.1 Å². The lowest BCUT2D eigenvalue weighted by atomic mass is 9.83. The molecule has 0 spiro atoms. The van der Waals surface area contributed by atoms with Crippen LogP contribution >= 0.6 is 0 Å². The monoisotopic (exact) mass is 486 g/mol. The van der Waals surface area contributed by atoms with Crippen LogP contribution in [0.15, 0.2) is 78.9 Å². The first-order valence-corrected chi connectivity index (χ1v) is 11.5. The van der Waals surface area contributed by atoms with Crippen molar-refractivity contribution >= 4 is 29.2 Å². The number of rotatable bonds is 5. The number of carbonyl (C=O) groups excluding carboxylic acids is 3. The van der Waals surface area contributed by atoms with E-state index < -0.39 is 23.4 Å². The molecule has 0 unspecified atom stereocenters. The Labute approximate surface area is 207 Å². The van der Waals surface area contributed by atoms with E-state index in [1.807, 2.05) is 42.5 Å². The van der Waals surface area contributed by atoms with Crippen LogP contribution in [0.1, 0.15) is 5.56 Å². The summed E-state index contributed by atoms with van der Waals surface area (Å²) >= 11 is 0. The van der Waals surface area contributed by atoms with Crippen LogP contribution in [0.4, 0.5) is 16.2 Å². The third-order valence-corrected chi connectivity index (χ3v) is 6.71. The molecular weight excluding hydrogens is 462 g/mol. The molecule has 0 aromatic heterocycles. The highest BCUT2D eigenvalue weighted by Gasteiger charge is 2.56. The van der Waals surface area contributed by atoms with Gasteiger partial charge in [0, 0.05) is 31.9 Å². The summed E-state index contributed by atoms with van der Waals surface area (Å²) in [6, 6.07) is 22.6. The highest BCUT2D eigenvalue weighted by atomic mass is 16.8. The molecule has 10 heteroatoms. The molecule has 3 N–H and O–H groups in total. The van der Waals surface area contributed by atoms with Crippen molar-refractivity contribution in [2.75, 3.05) is 36.3 Å². The van der Waals surface area contributed by atoms with Crippen LogP contribution in [0.25, 0.3) is 11.1 Å². The fourth-order valence-corrected chi connectivity index (χ4v) is 4.88. The lowest BCUT2D eigenvalue weighted by Gasteiger charge is -2.47. The average Bonchev–Trinajstić information content (AvgIpc) is 2.90. The van der Waals surface area contributed by atoms with Gasteiger partial charge in [0.25, 0.3) is 11.8 Å². The first-order valence-electron chi connectivity index (χ1n) is 11.5. The van der Waals surface area contributed by atoms with Crippen molar-refractivity contribution < 1.29 is 19.6 Å². The van der Waals surface area contributed by atoms with E-state index in [4.69, 9.17) is 5.21 Å². The van der Waals surface area contributed by atoms with Crippen molar-refractivity contribution in [3.8, 4) is 11.1 Å². The second-order valence-electron chi connectivity index (χ2n) is 8.65. The van der Waals surface area contributed by atoms with Gasteiger partial charge in [-0.3, -0.25) is 30.3 Å². The number of hydrogen-bond acceptors (Lipinski definition) is 8. The summed E-state index contributed by atoms with van der Waals surface area (Å²) in [5.41, 5.74) is 1.69. The highest BCUT2D eigenvalue weighted by molar-refractivity contribution is 6.22. The Balaban J connectivity index is 1.43. The van der Waals surface area contributed by atoms with E-state index in [0.717, 1.165) is 16.8 Å². The molecule has 2 aliphatic rings. The number of piperazine rings is 1. The normalized spacial score (nSPS) is 17.9. The van der Waals surface area contributed by atoms with E-state index in [1.165, 1.54) is 12.1 Å².